The molecule has 0 spiro atoms. The van der Waals surface area contributed by atoms with Crippen LogP contribution in [0.3, 0.4) is 0 Å². The van der Waals surface area contributed by atoms with E-state index in [9.17, 15) is 9.59 Å². The van der Waals surface area contributed by atoms with E-state index in [1.807, 2.05) is 66.7 Å². The second kappa shape index (κ2) is 11.7. The number of ether oxygens (including phenoxy) is 2. The molecule has 0 saturated heterocycles. The van der Waals surface area contributed by atoms with Gasteiger partial charge in [0.05, 0.1) is 8.95 Å². The summed E-state index contributed by atoms with van der Waals surface area (Å²) in [5.41, 5.74) is 6.74. The number of fused-ring (bicyclic) bond motifs is 1. The fourth-order valence-electron chi connectivity index (χ4n) is 3.28. The van der Waals surface area contributed by atoms with Gasteiger partial charge in [-0.15, -0.1) is 0 Å². The third-order valence-corrected chi connectivity index (χ3v) is 6.91. The second-order valence-corrected chi connectivity index (χ2v) is 9.99. The first-order chi connectivity index (χ1) is 16.9. The van der Waals surface area contributed by atoms with Gasteiger partial charge in [0, 0.05) is 4.47 Å². The van der Waals surface area contributed by atoms with E-state index in [-0.39, 0.29) is 13.2 Å². The van der Waals surface area contributed by atoms with E-state index in [0.29, 0.717) is 11.5 Å². The number of nitrogens with one attached hydrogen (secondary N) is 2. The van der Waals surface area contributed by atoms with Crippen LogP contribution in [-0.2, 0) is 9.59 Å². The maximum Gasteiger partial charge on any atom is 0.276 e. The van der Waals surface area contributed by atoms with Crippen molar-refractivity contribution in [3.63, 3.8) is 0 Å². The van der Waals surface area contributed by atoms with Gasteiger partial charge < -0.3 is 9.47 Å². The van der Waals surface area contributed by atoms with Crippen LogP contribution in [0.5, 0.6) is 11.5 Å². The van der Waals surface area contributed by atoms with Gasteiger partial charge in [-0.05, 0) is 84.1 Å². The highest BCUT2D eigenvalue weighted by atomic mass is 79.9. The van der Waals surface area contributed by atoms with Gasteiger partial charge in [0.25, 0.3) is 11.8 Å². The number of hydrazine groups is 1. The Hall–Kier alpha value is -2.88. The van der Waals surface area contributed by atoms with Crippen molar-refractivity contribution in [2.24, 2.45) is 0 Å². The summed E-state index contributed by atoms with van der Waals surface area (Å²) < 4.78 is 13.6. The smallest absolute Gasteiger partial charge is 0.276 e. The van der Waals surface area contributed by atoms with Gasteiger partial charge in [0.2, 0.25) is 0 Å². The van der Waals surface area contributed by atoms with E-state index in [0.717, 1.165) is 35.3 Å². The molecule has 0 aliphatic rings. The van der Waals surface area contributed by atoms with Crippen molar-refractivity contribution in [2.75, 3.05) is 13.2 Å². The predicted octanol–water partition coefficient (Wildman–Crippen LogP) is 6.40. The van der Waals surface area contributed by atoms with Crippen molar-refractivity contribution >= 4 is 70.4 Å². The first-order valence-corrected chi connectivity index (χ1v) is 12.8. The number of carbonyl (C=O) groups excluding carboxylic acids is 2. The van der Waals surface area contributed by atoms with Crippen molar-refractivity contribution in [1.82, 2.24) is 10.9 Å². The molecule has 0 aliphatic heterocycles. The van der Waals surface area contributed by atoms with Crippen molar-refractivity contribution in [2.45, 2.75) is 0 Å². The third-order valence-electron chi connectivity index (χ3n) is 4.98. The molecule has 6 nitrogen and oxygen atoms in total. The molecule has 0 heterocycles. The highest BCUT2D eigenvalue weighted by Gasteiger charge is 2.11. The molecule has 4 aromatic carbocycles. The van der Waals surface area contributed by atoms with Crippen LogP contribution in [0, 0.1) is 0 Å². The molecule has 2 N–H and O–H groups in total. The van der Waals surface area contributed by atoms with Crippen molar-refractivity contribution in [1.29, 1.82) is 0 Å². The molecule has 0 saturated carbocycles. The van der Waals surface area contributed by atoms with Crippen LogP contribution in [0.1, 0.15) is 0 Å². The Morgan fingerprint density at radius 2 is 1.34 bits per heavy atom. The standard InChI is InChI=1S/C26H19Br3N2O4/c27-19-8-9-20-18(12-19)7-11-23(26(20)29)35-15-25(33)31-30-24(32)14-34-22-10-6-17(13-21(22)28)16-4-2-1-3-5-16/h1-13H,14-15H2,(H,30,32)(H,31,33). The predicted molar refractivity (Wildman–Crippen MR) is 146 cm³/mol. The monoisotopic (exact) mass is 660 g/mol. The van der Waals surface area contributed by atoms with Crippen LogP contribution in [0.2, 0.25) is 0 Å². The Morgan fingerprint density at radius 3 is 2.03 bits per heavy atom. The van der Waals surface area contributed by atoms with Crippen molar-refractivity contribution in [3.05, 3.63) is 92.3 Å². The Bertz CT molecular complexity index is 1380. The fourth-order valence-corrected chi connectivity index (χ4v) is 4.76. The molecular formula is C26H19Br3N2O4. The summed E-state index contributed by atoms with van der Waals surface area (Å²) in [4.78, 5) is 24.2. The lowest BCUT2D eigenvalue weighted by Gasteiger charge is -2.12. The minimum Gasteiger partial charge on any atom is -0.483 e. The number of benzene rings is 4. The Labute approximate surface area is 227 Å². The van der Waals surface area contributed by atoms with E-state index < -0.39 is 11.8 Å². The van der Waals surface area contributed by atoms with Crippen LogP contribution >= 0.6 is 47.8 Å². The minimum absolute atomic E-state index is 0.268. The lowest BCUT2D eigenvalue weighted by Crippen LogP contribution is -2.45. The number of rotatable bonds is 7. The Kier molecular flexibility index (Phi) is 8.43. The molecule has 35 heavy (non-hydrogen) atoms. The summed E-state index contributed by atoms with van der Waals surface area (Å²) in [5, 5.41) is 1.98. The molecule has 4 aromatic rings. The highest BCUT2D eigenvalue weighted by Crippen LogP contribution is 2.34. The molecule has 0 radical (unpaired) electrons. The van der Waals surface area contributed by atoms with E-state index in [1.165, 1.54) is 0 Å². The zero-order valence-electron chi connectivity index (χ0n) is 18.2. The molecule has 0 fully saturated rings. The largest absolute Gasteiger partial charge is 0.483 e. The highest BCUT2D eigenvalue weighted by molar-refractivity contribution is 9.11. The lowest BCUT2D eigenvalue weighted by atomic mass is 10.1. The van der Waals surface area contributed by atoms with E-state index >= 15 is 0 Å². The minimum atomic E-state index is -0.505. The van der Waals surface area contributed by atoms with Crippen molar-refractivity contribution < 1.29 is 19.1 Å². The number of hydrogen-bond donors (Lipinski definition) is 2. The maximum absolute atomic E-state index is 12.1. The van der Waals surface area contributed by atoms with Gasteiger partial charge >= 0.3 is 0 Å². The van der Waals surface area contributed by atoms with Crippen LogP contribution < -0.4 is 20.3 Å². The van der Waals surface area contributed by atoms with Gasteiger partial charge in [-0.2, -0.15) is 0 Å². The summed E-state index contributed by atoms with van der Waals surface area (Å²) in [6.07, 6.45) is 0. The molecule has 0 unspecified atom stereocenters. The maximum atomic E-state index is 12.1. The number of amides is 2. The normalized spacial score (nSPS) is 10.6. The number of carbonyl (C=O) groups is 2. The molecule has 0 aliphatic carbocycles. The van der Waals surface area contributed by atoms with Gasteiger partial charge in [0.1, 0.15) is 11.5 Å². The topological polar surface area (TPSA) is 76.7 Å². The fraction of sp³-hybridized carbons (Fsp3) is 0.0769. The average Bonchev–Trinajstić information content (AvgIpc) is 2.86. The SMILES string of the molecule is O=C(COc1ccc(-c2ccccc2)cc1Br)NNC(=O)COc1ccc2cc(Br)ccc2c1Br. The second-order valence-electron chi connectivity index (χ2n) is 7.43. The summed E-state index contributed by atoms with van der Waals surface area (Å²) >= 11 is 10.4. The van der Waals surface area contributed by atoms with Gasteiger partial charge in [-0.1, -0.05) is 64.5 Å². The van der Waals surface area contributed by atoms with Crippen LogP contribution in [-0.4, -0.2) is 25.0 Å². The number of hydrogen-bond acceptors (Lipinski definition) is 4. The summed E-state index contributed by atoms with van der Waals surface area (Å²) in [6.45, 7) is -0.537. The third kappa shape index (κ3) is 6.62. The molecular weight excluding hydrogens is 644 g/mol. The molecule has 0 atom stereocenters. The quantitative estimate of drug-likeness (QED) is 0.225. The molecule has 2 amide bonds. The molecule has 9 heteroatoms. The molecule has 178 valence electrons. The molecule has 0 aromatic heterocycles. The van der Waals surface area contributed by atoms with Crippen LogP contribution in [0.15, 0.2) is 92.3 Å². The van der Waals surface area contributed by atoms with Crippen LogP contribution in [0.25, 0.3) is 21.9 Å². The molecule has 4 rings (SSSR count). The van der Waals surface area contributed by atoms with E-state index in [4.69, 9.17) is 9.47 Å². The Morgan fingerprint density at radius 1 is 0.686 bits per heavy atom. The molecule has 0 bridgehead atoms. The van der Waals surface area contributed by atoms with Crippen molar-refractivity contribution in [3.8, 4) is 22.6 Å². The van der Waals surface area contributed by atoms with E-state index in [2.05, 4.69) is 58.6 Å². The van der Waals surface area contributed by atoms with Crippen LogP contribution in [0.4, 0.5) is 0 Å². The zero-order valence-corrected chi connectivity index (χ0v) is 22.9. The first kappa shape index (κ1) is 25.2. The van der Waals surface area contributed by atoms with Gasteiger partial charge in [-0.3, -0.25) is 20.4 Å². The zero-order chi connectivity index (χ0) is 24.8. The lowest BCUT2D eigenvalue weighted by molar-refractivity contribution is -0.131. The Balaban J connectivity index is 1.24. The summed E-state index contributed by atoms with van der Waals surface area (Å²) in [7, 11) is 0. The first-order valence-electron chi connectivity index (χ1n) is 10.5. The summed E-state index contributed by atoms with van der Waals surface area (Å²) in [5.74, 6) is 0.0282. The van der Waals surface area contributed by atoms with Gasteiger partial charge in [0.15, 0.2) is 13.2 Å². The average molecular weight is 663 g/mol. The van der Waals surface area contributed by atoms with E-state index in [1.54, 1.807) is 12.1 Å². The summed E-state index contributed by atoms with van der Waals surface area (Å²) in [6, 6.07) is 25.1. The number of halogens is 3. The van der Waals surface area contributed by atoms with Gasteiger partial charge in [-0.25, -0.2) is 0 Å².